The van der Waals surface area contributed by atoms with Crippen LogP contribution in [0.3, 0.4) is 0 Å². The standard InChI is InChI=1S/C14H17NO/c1-10-5-6-12-13(11(10)2)16-8-4-7-14(12,3)9-15/h5-6H,4,7-8H2,1-3H3. The number of rotatable bonds is 0. The summed E-state index contributed by atoms with van der Waals surface area (Å²) in [5, 5.41) is 9.38. The molecule has 0 bridgehead atoms. The largest absolute Gasteiger partial charge is 0.493 e. The topological polar surface area (TPSA) is 33.0 Å². The van der Waals surface area contributed by atoms with Gasteiger partial charge in [0.15, 0.2) is 0 Å². The van der Waals surface area contributed by atoms with Gasteiger partial charge in [-0.2, -0.15) is 5.26 Å². The lowest BCUT2D eigenvalue weighted by atomic mass is 9.79. The molecule has 0 saturated heterocycles. The summed E-state index contributed by atoms with van der Waals surface area (Å²) in [4.78, 5) is 0. The summed E-state index contributed by atoms with van der Waals surface area (Å²) in [5.74, 6) is 0.932. The molecule has 16 heavy (non-hydrogen) atoms. The van der Waals surface area contributed by atoms with Crippen LogP contribution in [0.2, 0.25) is 0 Å². The number of hydrogen-bond donors (Lipinski definition) is 0. The van der Waals surface area contributed by atoms with Gasteiger partial charge >= 0.3 is 0 Å². The van der Waals surface area contributed by atoms with Gasteiger partial charge in [-0.15, -0.1) is 0 Å². The quantitative estimate of drug-likeness (QED) is 0.665. The monoisotopic (exact) mass is 215 g/mol. The fourth-order valence-corrected chi connectivity index (χ4v) is 2.26. The number of aryl methyl sites for hydroxylation is 1. The minimum absolute atomic E-state index is 0.399. The van der Waals surface area contributed by atoms with Gasteiger partial charge in [0.1, 0.15) is 5.75 Å². The van der Waals surface area contributed by atoms with Crippen LogP contribution in [0.4, 0.5) is 0 Å². The van der Waals surface area contributed by atoms with Crippen molar-refractivity contribution < 1.29 is 4.74 Å². The second kappa shape index (κ2) is 3.83. The molecule has 2 heteroatoms. The third-order valence-electron chi connectivity index (χ3n) is 3.59. The molecule has 0 aromatic heterocycles. The molecule has 0 radical (unpaired) electrons. The lowest BCUT2D eigenvalue weighted by Crippen LogP contribution is -2.18. The van der Waals surface area contributed by atoms with E-state index in [1.165, 1.54) is 11.1 Å². The van der Waals surface area contributed by atoms with Crippen LogP contribution in [0.1, 0.15) is 36.5 Å². The summed E-state index contributed by atoms with van der Waals surface area (Å²) in [7, 11) is 0. The molecule has 0 spiro atoms. The van der Waals surface area contributed by atoms with Crippen molar-refractivity contribution in [2.45, 2.75) is 39.0 Å². The number of ether oxygens (including phenoxy) is 1. The van der Waals surface area contributed by atoms with Crippen LogP contribution in [0.15, 0.2) is 12.1 Å². The highest BCUT2D eigenvalue weighted by Gasteiger charge is 2.32. The zero-order valence-corrected chi connectivity index (χ0v) is 10.1. The Morgan fingerprint density at radius 2 is 2.12 bits per heavy atom. The van der Waals surface area contributed by atoms with E-state index in [4.69, 9.17) is 4.74 Å². The first-order valence-corrected chi connectivity index (χ1v) is 5.73. The molecule has 0 amide bonds. The molecule has 0 aliphatic carbocycles. The Morgan fingerprint density at radius 1 is 1.38 bits per heavy atom. The second-order valence-corrected chi connectivity index (χ2v) is 4.78. The summed E-state index contributed by atoms with van der Waals surface area (Å²) < 4.78 is 5.81. The van der Waals surface area contributed by atoms with Crippen molar-refractivity contribution in [2.75, 3.05) is 6.61 Å². The highest BCUT2D eigenvalue weighted by molar-refractivity contribution is 5.51. The molecule has 0 N–H and O–H groups in total. The molecule has 1 heterocycles. The normalized spacial score (nSPS) is 23.9. The van der Waals surface area contributed by atoms with E-state index in [1.54, 1.807) is 0 Å². The molecule has 0 saturated carbocycles. The average molecular weight is 215 g/mol. The van der Waals surface area contributed by atoms with Crippen LogP contribution < -0.4 is 4.74 Å². The molecule has 84 valence electrons. The Labute approximate surface area is 96.9 Å². The molecule has 1 unspecified atom stereocenters. The number of fused-ring (bicyclic) bond motifs is 1. The molecular formula is C14H17NO. The minimum atomic E-state index is -0.399. The lowest BCUT2D eigenvalue weighted by molar-refractivity contribution is 0.313. The van der Waals surface area contributed by atoms with Gasteiger partial charge in [-0.05, 0) is 44.7 Å². The van der Waals surface area contributed by atoms with Crippen molar-refractivity contribution >= 4 is 0 Å². The molecule has 1 atom stereocenters. The number of nitriles is 1. The fraction of sp³-hybridized carbons (Fsp3) is 0.500. The van der Waals surface area contributed by atoms with Crippen LogP contribution >= 0.6 is 0 Å². The van der Waals surface area contributed by atoms with Crippen molar-refractivity contribution in [3.63, 3.8) is 0 Å². The van der Waals surface area contributed by atoms with Crippen molar-refractivity contribution in [1.29, 1.82) is 5.26 Å². The van der Waals surface area contributed by atoms with Crippen LogP contribution in [0.25, 0.3) is 0 Å². The smallest absolute Gasteiger partial charge is 0.127 e. The Morgan fingerprint density at radius 3 is 2.81 bits per heavy atom. The molecule has 0 fully saturated rings. The predicted molar refractivity (Wildman–Crippen MR) is 63.6 cm³/mol. The van der Waals surface area contributed by atoms with Crippen LogP contribution in [-0.2, 0) is 5.41 Å². The summed E-state index contributed by atoms with van der Waals surface area (Å²) in [6.07, 6.45) is 1.82. The number of nitrogens with zero attached hydrogens (tertiary/aromatic N) is 1. The highest BCUT2D eigenvalue weighted by atomic mass is 16.5. The third kappa shape index (κ3) is 1.57. The van der Waals surface area contributed by atoms with Gasteiger partial charge in [-0.1, -0.05) is 12.1 Å². The second-order valence-electron chi connectivity index (χ2n) is 4.78. The van der Waals surface area contributed by atoms with E-state index in [0.717, 1.165) is 24.2 Å². The van der Waals surface area contributed by atoms with Gasteiger partial charge in [-0.25, -0.2) is 0 Å². The van der Waals surface area contributed by atoms with Gasteiger partial charge in [0.05, 0.1) is 18.1 Å². The van der Waals surface area contributed by atoms with E-state index in [2.05, 4.69) is 26.0 Å². The molecule has 1 aliphatic rings. The molecule has 1 aromatic carbocycles. The fourth-order valence-electron chi connectivity index (χ4n) is 2.26. The first kappa shape index (κ1) is 11.0. The zero-order chi connectivity index (χ0) is 11.8. The SMILES string of the molecule is Cc1ccc2c(c1C)OCCCC2(C)C#N. The van der Waals surface area contributed by atoms with Crippen molar-refractivity contribution in [2.24, 2.45) is 0 Å². The highest BCUT2D eigenvalue weighted by Crippen LogP contribution is 2.40. The van der Waals surface area contributed by atoms with Crippen LogP contribution in [0.5, 0.6) is 5.75 Å². The van der Waals surface area contributed by atoms with Crippen molar-refractivity contribution in [1.82, 2.24) is 0 Å². The maximum atomic E-state index is 9.38. The Hall–Kier alpha value is -1.49. The molecule has 1 aromatic rings. The summed E-state index contributed by atoms with van der Waals surface area (Å²) in [5.41, 5.74) is 3.04. The van der Waals surface area contributed by atoms with Gasteiger partial charge in [0.25, 0.3) is 0 Å². The number of benzene rings is 1. The summed E-state index contributed by atoms with van der Waals surface area (Å²) in [6, 6.07) is 6.57. The Kier molecular flexibility index (Phi) is 2.63. The van der Waals surface area contributed by atoms with E-state index in [1.807, 2.05) is 13.0 Å². The maximum Gasteiger partial charge on any atom is 0.127 e. The average Bonchev–Trinajstić information content (AvgIpc) is 2.45. The van der Waals surface area contributed by atoms with Crippen LogP contribution in [0, 0.1) is 25.2 Å². The molecule has 2 rings (SSSR count). The maximum absolute atomic E-state index is 9.38. The van der Waals surface area contributed by atoms with E-state index >= 15 is 0 Å². The summed E-state index contributed by atoms with van der Waals surface area (Å²) in [6.45, 7) is 6.87. The lowest BCUT2D eigenvalue weighted by Gasteiger charge is -2.22. The zero-order valence-electron chi connectivity index (χ0n) is 10.1. The Balaban J connectivity index is 2.65. The van der Waals surface area contributed by atoms with E-state index in [9.17, 15) is 5.26 Å². The van der Waals surface area contributed by atoms with E-state index in [-0.39, 0.29) is 0 Å². The van der Waals surface area contributed by atoms with Gasteiger partial charge in [0, 0.05) is 5.56 Å². The Bertz CT molecular complexity index is 459. The number of hydrogen-bond acceptors (Lipinski definition) is 2. The molecular weight excluding hydrogens is 198 g/mol. The first-order valence-electron chi connectivity index (χ1n) is 5.73. The minimum Gasteiger partial charge on any atom is -0.493 e. The predicted octanol–water partition coefficient (Wildman–Crippen LogP) is 3.26. The van der Waals surface area contributed by atoms with Gasteiger partial charge in [0.2, 0.25) is 0 Å². The first-order chi connectivity index (χ1) is 7.58. The molecule has 2 nitrogen and oxygen atoms in total. The van der Waals surface area contributed by atoms with E-state index < -0.39 is 5.41 Å². The third-order valence-corrected chi connectivity index (χ3v) is 3.59. The van der Waals surface area contributed by atoms with Gasteiger partial charge in [-0.3, -0.25) is 0 Å². The van der Waals surface area contributed by atoms with Crippen molar-refractivity contribution in [3.05, 3.63) is 28.8 Å². The van der Waals surface area contributed by atoms with Gasteiger partial charge < -0.3 is 4.74 Å². The summed E-state index contributed by atoms with van der Waals surface area (Å²) >= 11 is 0. The van der Waals surface area contributed by atoms with Crippen molar-refractivity contribution in [3.8, 4) is 11.8 Å². The van der Waals surface area contributed by atoms with Crippen LogP contribution in [-0.4, -0.2) is 6.61 Å². The molecule has 1 aliphatic heterocycles. The van der Waals surface area contributed by atoms with E-state index in [0.29, 0.717) is 6.61 Å².